The minimum absolute atomic E-state index is 0.335. The van der Waals surface area contributed by atoms with E-state index >= 15 is 0 Å². The summed E-state index contributed by atoms with van der Waals surface area (Å²) in [6.45, 7) is 4.65. The second-order valence-corrected chi connectivity index (χ2v) is 4.62. The number of allylic oxidation sites excluding steroid dienone is 1. The Morgan fingerprint density at radius 1 is 1.19 bits per heavy atom. The standard InChI is InChI=1S/C11H17F4N/c1-3-11(14,15)5-9-7-16-6-8(9)4-10(2,12)13/h3,8-9,16H,1,4-7H2,2H3. The van der Waals surface area contributed by atoms with Crippen LogP contribution < -0.4 is 5.32 Å². The molecule has 5 heteroatoms. The fourth-order valence-corrected chi connectivity index (χ4v) is 2.16. The van der Waals surface area contributed by atoms with Gasteiger partial charge in [0.05, 0.1) is 0 Å². The highest BCUT2D eigenvalue weighted by Crippen LogP contribution is 2.35. The van der Waals surface area contributed by atoms with Crippen molar-refractivity contribution in [2.75, 3.05) is 13.1 Å². The van der Waals surface area contributed by atoms with Gasteiger partial charge in [-0.1, -0.05) is 6.58 Å². The van der Waals surface area contributed by atoms with E-state index in [0.717, 1.165) is 6.92 Å². The van der Waals surface area contributed by atoms with E-state index in [1.807, 2.05) is 0 Å². The molecule has 1 nitrogen and oxygen atoms in total. The molecular formula is C11H17F4N. The Kier molecular flexibility index (Phi) is 3.99. The third-order valence-electron chi connectivity index (χ3n) is 2.93. The maximum Gasteiger partial charge on any atom is 0.266 e. The molecule has 0 aliphatic carbocycles. The van der Waals surface area contributed by atoms with Crippen LogP contribution in [0.5, 0.6) is 0 Å². The number of halogens is 4. The van der Waals surface area contributed by atoms with Crippen LogP contribution in [0.1, 0.15) is 19.8 Å². The van der Waals surface area contributed by atoms with Gasteiger partial charge in [0, 0.05) is 12.8 Å². The topological polar surface area (TPSA) is 12.0 Å². The monoisotopic (exact) mass is 239 g/mol. The highest BCUT2D eigenvalue weighted by Gasteiger charge is 2.39. The van der Waals surface area contributed by atoms with Crippen LogP contribution in [0.15, 0.2) is 12.7 Å². The Morgan fingerprint density at radius 2 is 1.69 bits per heavy atom. The molecule has 1 saturated heterocycles. The summed E-state index contributed by atoms with van der Waals surface area (Å²) in [7, 11) is 0. The quantitative estimate of drug-likeness (QED) is 0.574. The Bertz CT molecular complexity index is 247. The van der Waals surface area contributed by atoms with Gasteiger partial charge in [0.15, 0.2) is 0 Å². The highest BCUT2D eigenvalue weighted by molar-refractivity contribution is 4.93. The second kappa shape index (κ2) is 4.73. The average molecular weight is 239 g/mol. The number of nitrogens with one attached hydrogen (secondary N) is 1. The van der Waals surface area contributed by atoms with E-state index in [9.17, 15) is 17.6 Å². The maximum atomic E-state index is 13.1. The molecule has 2 atom stereocenters. The molecule has 1 heterocycles. The molecular weight excluding hydrogens is 222 g/mol. The largest absolute Gasteiger partial charge is 0.316 e. The summed E-state index contributed by atoms with van der Waals surface area (Å²) >= 11 is 0. The lowest BCUT2D eigenvalue weighted by molar-refractivity contribution is -0.0201. The van der Waals surface area contributed by atoms with Crippen LogP contribution in [0.2, 0.25) is 0 Å². The third-order valence-corrected chi connectivity index (χ3v) is 2.93. The molecule has 0 radical (unpaired) electrons. The van der Waals surface area contributed by atoms with Gasteiger partial charge in [0.2, 0.25) is 5.92 Å². The van der Waals surface area contributed by atoms with Crippen molar-refractivity contribution in [3.8, 4) is 0 Å². The van der Waals surface area contributed by atoms with Gasteiger partial charge in [-0.25, -0.2) is 17.6 Å². The molecule has 0 aromatic rings. The van der Waals surface area contributed by atoms with Crippen LogP contribution in [-0.4, -0.2) is 24.9 Å². The fourth-order valence-electron chi connectivity index (χ4n) is 2.16. The molecule has 94 valence electrons. The fraction of sp³-hybridized carbons (Fsp3) is 0.818. The van der Waals surface area contributed by atoms with E-state index in [2.05, 4.69) is 11.9 Å². The summed E-state index contributed by atoms with van der Waals surface area (Å²) in [5.74, 6) is -6.54. The molecule has 0 saturated carbocycles. The zero-order valence-electron chi connectivity index (χ0n) is 9.28. The smallest absolute Gasteiger partial charge is 0.266 e. The van der Waals surface area contributed by atoms with Gasteiger partial charge in [-0.3, -0.25) is 0 Å². The van der Waals surface area contributed by atoms with Gasteiger partial charge in [-0.05, 0) is 37.9 Å². The van der Waals surface area contributed by atoms with E-state index < -0.39 is 24.2 Å². The van der Waals surface area contributed by atoms with Crippen molar-refractivity contribution >= 4 is 0 Å². The SMILES string of the molecule is C=CC(F)(F)CC1CNCC1CC(C)(F)F. The second-order valence-electron chi connectivity index (χ2n) is 4.62. The summed E-state index contributed by atoms with van der Waals surface area (Å²) in [6.07, 6.45) is -0.144. The molecule has 1 rings (SSSR count). The zero-order chi connectivity index (χ0) is 12.4. The van der Waals surface area contributed by atoms with Crippen LogP contribution in [0.3, 0.4) is 0 Å². The number of hydrogen-bond donors (Lipinski definition) is 1. The van der Waals surface area contributed by atoms with Gasteiger partial charge in [0.25, 0.3) is 5.92 Å². The van der Waals surface area contributed by atoms with Crippen LogP contribution in [0, 0.1) is 11.8 Å². The van der Waals surface area contributed by atoms with Gasteiger partial charge >= 0.3 is 0 Å². The minimum atomic E-state index is -2.96. The van der Waals surface area contributed by atoms with Gasteiger partial charge in [-0.2, -0.15) is 0 Å². The lowest BCUT2D eigenvalue weighted by atomic mass is 9.86. The first kappa shape index (κ1) is 13.5. The molecule has 0 aromatic carbocycles. The van der Waals surface area contributed by atoms with E-state index in [1.165, 1.54) is 0 Å². The van der Waals surface area contributed by atoms with Gasteiger partial charge in [0.1, 0.15) is 0 Å². The normalized spacial score (nSPS) is 27.1. The average Bonchev–Trinajstić information content (AvgIpc) is 2.49. The number of rotatable bonds is 5. The predicted molar refractivity (Wildman–Crippen MR) is 54.8 cm³/mol. The summed E-state index contributed by atoms with van der Waals surface area (Å²) in [5.41, 5.74) is 0. The highest BCUT2D eigenvalue weighted by atomic mass is 19.3. The molecule has 0 amide bonds. The van der Waals surface area contributed by atoms with Crippen LogP contribution in [0.4, 0.5) is 17.6 Å². The number of alkyl halides is 4. The zero-order valence-corrected chi connectivity index (χ0v) is 9.28. The lowest BCUT2D eigenvalue weighted by Gasteiger charge is -2.24. The van der Waals surface area contributed by atoms with Crippen molar-refractivity contribution in [3.05, 3.63) is 12.7 Å². The van der Waals surface area contributed by atoms with Crippen LogP contribution >= 0.6 is 0 Å². The summed E-state index contributed by atoms with van der Waals surface area (Å²) in [5, 5.41) is 2.89. The third kappa shape index (κ3) is 4.12. The van der Waals surface area contributed by atoms with Crippen LogP contribution in [0.25, 0.3) is 0 Å². The summed E-state index contributed by atoms with van der Waals surface area (Å²) in [6, 6.07) is 0. The van der Waals surface area contributed by atoms with Gasteiger partial charge in [-0.15, -0.1) is 0 Å². The predicted octanol–water partition coefficient (Wildman–Crippen LogP) is 3.08. The first-order valence-corrected chi connectivity index (χ1v) is 5.33. The molecule has 16 heavy (non-hydrogen) atoms. The van der Waals surface area contributed by atoms with Gasteiger partial charge < -0.3 is 5.32 Å². The van der Waals surface area contributed by atoms with E-state index in [0.29, 0.717) is 19.2 Å². The molecule has 1 N–H and O–H groups in total. The Morgan fingerprint density at radius 3 is 2.12 bits per heavy atom. The molecule has 1 aliphatic heterocycles. The molecule has 0 bridgehead atoms. The van der Waals surface area contributed by atoms with E-state index in [1.54, 1.807) is 0 Å². The van der Waals surface area contributed by atoms with Crippen molar-refractivity contribution in [2.45, 2.75) is 31.6 Å². The lowest BCUT2D eigenvalue weighted by Crippen LogP contribution is -2.27. The molecule has 0 spiro atoms. The van der Waals surface area contributed by atoms with Crippen molar-refractivity contribution in [1.82, 2.24) is 5.32 Å². The molecule has 1 aliphatic rings. The van der Waals surface area contributed by atoms with Crippen molar-refractivity contribution in [2.24, 2.45) is 11.8 Å². The molecule has 1 fully saturated rings. The summed E-state index contributed by atoms with van der Waals surface area (Å²) < 4.78 is 51.8. The Labute approximate surface area is 92.9 Å². The first-order valence-electron chi connectivity index (χ1n) is 5.33. The van der Waals surface area contributed by atoms with Crippen molar-refractivity contribution in [1.29, 1.82) is 0 Å². The minimum Gasteiger partial charge on any atom is -0.316 e. The molecule has 2 unspecified atom stereocenters. The molecule has 0 aromatic heterocycles. The van der Waals surface area contributed by atoms with Crippen molar-refractivity contribution < 1.29 is 17.6 Å². The first-order chi connectivity index (χ1) is 7.23. The van der Waals surface area contributed by atoms with E-state index in [-0.39, 0.29) is 12.3 Å². The van der Waals surface area contributed by atoms with E-state index in [4.69, 9.17) is 0 Å². The maximum absolute atomic E-state index is 13.1. The number of hydrogen-bond acceptors (Lipinski definition) is 1. The van der Waals surface area contributed by atoms with Crippen molar-refractivity contribution in [3.63, 3.8) is 0 Å². The summed E-state index contributed by atoms with van der Waals surface area (Å²) in [4.78, 5) is 0. The Balaban J connectivity index is 2.56. The van der Waals surface area contributed by atoms with Crippen LogP contribution in [-0.2, 0) is 0 Å². The Hall–Kier alpha value is -0.580.